The molecule has 0 saturated carbocycles. The molecule has 2 heterocycles. The Morgan fingerprint density at radius 2 is 2.08 bits per heavy atom. The van der Waals surface area contributed by atoms with E-state index >= 15 is 0 Å². The summed E-state index contributed by atoms with van der Waals surface area (Å²) < 4.78 is 43.3. The van der Waals surface area contributed by atoms with Gasteiger partial charge in [-0.2, -0.15) is 13.2 Å². The van der Waals surface area contributed by atoms with Gasteiger partial charge in [-0.1, -0.05) is 30.7 Å². The van der Waals surface area contributed by atoms with Crippen molar-refractivity contribution in [1.29, 1.82) is 0 Å². The first-order valence-electron chi connectivity index (χ1n) is 8.14. The van der Waals surface area contributed by atoms with Crippen LogP contribution < -0.4 is 10.1 Å². The molecular formula is C19H19F3N2O. The molecule has 1 N–H and O–H groups in total. The molecule has 0 aliphatic carbocycles. The smallest absolute Gasteiger partial charge is 0.417 e. The van der Waals surface area contributed by atoms with Crippen molar-refractivity contribution in [3.8, 4) is 11.6 Å². The van der Waals surface area contributed by atoms with Crippen LogP contribution in [0.25, 0.3) is 6.08 Å². The Kier molecular flexibility index (Phi) is 5.08. The lowest BCUT2D eigenvalue weighted by atomic mass is 9.93. The maximum atomic E-state index is 12.6. The SMILES string of the molecule is CC1CNCCC1=Cc1cccc(Oc2ccc(C(F)(F)F)cn2)c1. The van der Waals surface area contributed by atoms with Crippen molar-refractivity contribution in [3.05, 3.63) is 59.3 Å². The Balaban J connectivity index is 1.74. The number of alkyl halides is 3. The van der Waals surface area contributed by atoms with E-state index < -0.39 is 11.7 Å². The molecule has 1 saturated heterocycles. The molecule has 3 nitrogen and oxygen atoms in total. The third-order valence-corrected chi connectivity index (χ3v) is 4.17. The maximum Gasteiger partial charge on any atom is 0.417 e. The molecule has 1 aliphatic heterocycles. The van der Waals surface area contributed by atoms with Gasteiger partial charge in [0.25, 0.3) is 0 Å². The molecular weight excluding hydrogens is 329 g/mol. The van der Waals surface area contributed by atoms with Gasteiger partial charge in [-0.3, -0.25) is 0 Å². The van der Waals surface area contributed by atoms with Crippen LogP contribution in [0, 0.1) is 5.92 Å². The largest absolute Gasteiger partial charge is 0.439 e. The van der Waals surface area contributed by atoms with Crippen LogP contribution in [-0.4, -0.2) is 18.1 Å². The average Bonchev–Trinajstić information content (AvgIpc) is 2.57. The summed E-state index contributed by atoms with van der Waals surface area (Å²) in [6, 6.07) is 9.65. The standard InChI is InChI=1S/C19H19F3N2O/c1-13-11-23-8-7-15(13)9-14-3-2-4-17(10-14)25-18-6-5-16(12-24-18)19(20,21)22/h2-6,9-10,12-13,23H,7-8,11H2,1H3. The van der Waals surface area contributed by atoms with E-state index in [0.717, 1.165) is 37.3 Å². The van der Waals surface area contributed by atoms with Crippen molar-refractivity contribution in [2.45, 2.75) is 19.5 Å². The molecule has 1 unspecified atom stereocenters. The minimum absolute atomic E-state index is 0.132. The van der Waals surface area contributed by atoms with Crippen molar-refractivity contribution in [1.82, 2.24) is 10.3 Å². The van der Waals surface area contributed by atoms with Crippen molar-refractivity contribution in [3.63, 3.8) is 0 Å². The van der Waals surface area contributed by atoms with E-state index in [4.69, 9.17) is 4.74 Å². The molecule has 1 fully saturated rings. The van der Waals surface area contributed by atoms with Gasteiger partial charge < -0.3 is 10.1 Å². The fourth-order valence-electron chi connectivity index (χ4n) is 2.75. The van der Waals surface area contributed by atoms with Crippen LogP contribution in [0.4, 0.5) is 13.2 Å². The highest BCUT2D eigenvalue weighted by Gasteiger charge is 2.30. The van der Waals surface area contributed by atoms with Crippen molar-refractivity contribution >= 4 is 6.08 Å². The van der Waals surface area contributed by atoms with Gasteiger partial charge in [0.15, 0.2) is 0 Å². The highest BCUT2D eigenvalue weighted by molar-refractivity contribution is 5.56. The van der Waals surface area contributed by atoms with Crippen molar-refractivity contribution < 1.29 is 17.9 Å². The van der Waals surface area contributed by atoms with Crippen LogP contribution in [0.3, 0.4) is 0 Å². The lowest BCUT2D eigenvalue weighted by molar-refractivity contribution is -0.137. The van der Waals surface area contributed by atoms with Gasteiger partial charge >= 0.3 is 6.18 Å². The zero-order valence-electron chi connectivity index (χ0n) is 13.8. The van der Waals surface area contributed by atoms with E-state index in [1.54, 1.807) is 6.07 Å². The van der Waals surface area contributed by atoms with Gasteiger partial charge in [0.2, 0.25) is 5.88 Å². The van der Waals surface area contributed by atoms with Crippen LogP contribution >= 0.6 is 0 Å². The number of aromatic nitrogens is 1. The third kappa shape index (κ3) is 4.60. The monoisotopic (exact) mass is 348 g/mol. The fraction of sp³-hybridized carbons (Fsp3) is 0.316. The van der Waals surface area contributed by atoms with Crippen molar-refractivity contribution in [2.75, 3.05) is 13.1 Å². The van der Waals surface area contributed by atoms with Crippen molar-refractivity contribution in [2.24, 2.45) is 5.92 Å². The summed E-state index contributed by atoms with van der Waals surface area (Å²) in [6.45, 7) is 4.13. The Morgan fingerprint density at radius 1 is 1.24 bits per heavy atom. The van der Waals surface area contributed by atoms with Gasteiger partial charge in [0, 0.05) is 18.8 Å². The number of hydrogen-bond acceptors (Lipinski definition) is 3. The predicted octanol–water partition coefficient (Wildman–Crippen LogP) is 4.91. The maximum absolute atomic E-state index is 12.6. The van der Waals surface area contributed by atoms with E-state index in [9.17, 15) is 13.2 Å². The number of nitrogens with one attached hydrogen (secondary N) is 1. The van der Waals surface area contributed by atoms with E-state index in [0.29, 0.717) is 11.7 Å². The van der Waals surface area contributed by atoms with Gasteiger partial charge in [0.05, 0.1) is 5.56 Å². The van der Waals surface area contributed by atoms with Gasteiger partial charge in [-0.25, -0.2) is 4.98 Å². The summed E-state index contributed by atoms with van der Waals surface area (Å²) in [5, 5.41) is 3.36. The van der Waals surface area contributed by atoms with Crippen LogP contribution in [0.2, 0.25) is 0 Å². The quantitative estimate of drug-likeness (QED) is 0.856. The lowest BCUT2D eigenvalue weighted by Crippen LogP contribution is -2.29. The first-order valence-corrected chi connectivity index (χ1v) is 8.14. The normalized spacial score (nSPS) is 19.8. The molecule has 3 rings (SSSR count). The summed E-state index contributed by atoms with van der Waals surface area (Å²) >= 11 is 0. The second kappa shape index (κ2) is 7.27. The van der Waals surface area contributed by atoms with Crippen LogP contribution in [0.15, 0.2) is 48.2 Å². The third-order valence-electron chi connectivity index (χ3n) is 4.17. The summed E-state index contributed by atoms with van der Waals surface area (Å²) in [6.07, 6.45) is -0.466. The molecule has 0 amide bonds. The molecule has 1 aliphatic rings. The molecule has 0 radical (unpaired) electrons. The second-order valence-corrected chi connectivity index (χ2v) is 6.13. The number of nitrogens with zero attached hydrogens (tertiary/aromatic N) is 1. The number of halogens is 3. The molecule has 6 heteroatoms. The summed E-state index contributed by atoms with van der Waals surface area (Å²) in [7, 11) is 0. The van der Waals surface area contributed by atoms with Gasteiger partial charge in [-0.05, 0) is 42.6 Å². The first-order chi connectivity index (χ1) is 11.9. The van der Waals surface area contributed by atoms with E-state index in [1.165, 1.54) is 11.6 Å². The molecule has 132 valence electrons. The number of benzene rings is 1. The zero-order valence-corrected chi connectivity index (χ0v) is 13.8. The van der Waals surface area contributed by atoms with Gasteiger partial charge in [-0.15, -0.1) is 0 Å². The number of ether oxygens (including phenoxy) is 1. The molecule has 2 aromatic rings. The molecule has 1 aromatic heterocycles. The second-order valence-electron chi connectivity index (χ2n) is 6.13. The van der Waals surface area contributed by atoms with E-state index in [1.807, 2.05) is 18.2 Å². The number of piperidine rings is 1. The Hall–Kier alpha value is -2.34. The zero-order chi connectivity index (χ0) is 17.9. The Labute approximate surface area is 144 Å². The summed E-state index contributed by atoms with van der Waals surface area (Å²) in [5.74, 6) is 1.16. The predicted molar refractivity (Wildman–Crippen MR) is 90.4 cm³/mol. The Bertz CT molecular complexity index is 754. The highest BCUT2D eigenvalue weighted by atomic mass is 19.4. The first kappa shape index (κ1) is 17.5. The number of pyridine rings is 1. The minimum Gasteiger partial charge on any atom is -0.439 e. The highest BCUT2D eigenvalue weighted by Crippen LogP contribution is 2.30. The minimum atomic E-state index is -4.40. The molecule has 1 atom stereocenters. The number of rotatable bonds is 3. The summed E-state index contributed by atoms with van der Waals surface area (Å²) in [4.78, 5) is 3.73. The van der Waals surface area contributed by atoms with E-state index in [-0.39, 0.29) is 5.88 Å². The molecule has 1 aromatic carbocycles. The lowest BCUT2D eigenvalue weighted by Gasteiger charge is -2.23. The topological polar surface area (TPSA) is 34.1 Å². The van der Waals surface area contributed by atoms with Crippen LogP contribution in [-0.2, 0) is 6.18 Å². The fourth-order valence-corrected chi connectivity index (χ4v) is 2.75. The van der Waals surface area contributed by atoms with Crippen LogP contribution in [0.1, 0.15) is 24.5 Å². The number of hydrogen-bond donors (Lipinski definition) is 1. The summed E-state index contributed by atoms with van der Waals surface area (Å²) in [5.41, 5.74) is 1.59. The molecule has 25 heavy (non-hydrogen) atoms. The Morgan fingerprint density at radius 3 is 2.76 bits per heavy atom. The van der Waals surface area contributed by atoms with Gasteiger partial charge in [0.1, 0.15) is 5.75 Å². The molecule has 0 bridgehead atoms. The molecule has 0 spiro atoms. The average molecular weight is 348 g/mol. The van der Waals surface area contributed by atoms with Crippen LogP contribution in [0.5, 0.6) is 11.6 Å². The van der Waals surface area contributed by atoms with E-state index in [2.05, 4.69) is 23.3 Å².